The molecule has 0 N–H and O–H groups in total. The van der Waals surface area contributed by atoms with Crippen LogP contribution in [0.15, 0.2) is 77.0 Å². The predicted molar refractivity (Wildman–Crippen MR) is 88.2 cm³/mol. The van der Waals surface area contributed by atoms with Crippen LogP contribution in [0.4, 0.5) is 0 Å². The van der Waals surface area contributed by atoms with Gasteiger partial charge >= 0.3 is 10.1 Å². The molecule has 0 saturated heterocycles. The van der Waals surface area contributed by atoms with Crippen LogP contribution in [-0.4, -0.2) is 8.42 Å². The molecule has 0 radical (unpaired) electrons. The van der Waals surface area contributed by atoms with Gasteiger partial charge in [-0.25, -0.2) is 0 Å². The van der Waals surface area contributed by atoms with Crippen molar-refractivity contribution < 1.29 is 12.6 Å². The minimum Gasteiger partial charge on any atom is -0.261 e. The van der Waals surface area contributed by atoms with E-state index >= 15 is 0 Å². The van der Waals surface area contributed by atoms with E-state index in [1.54, 1.807) is 12.1 Å². The van der Waals surface area contributed by atoms with Crippen molar-refractivity contribution >= 4 is 21.5 Å². The molecule has 0 aliphatic heterocycles. The van der Waals surface area contributed by atoms with E-state index in [-0.39, 0.29) is 10.8 Å². The standard InChI is InChI=1S/C17H14O3S2/c18-22(19,20-13-14-7-3-1-4-8-14)17-12-11-16(21-17)15-9-5-2-6-10-15/h1-12H,13H2. The van der Waals surface area contributed by atoms with Crippen molar-refractivity contribution in [1.82, 2.24) is 0 Å². The molecule has 0 saturated carbocycles. The summed E-state index contributed by atoms with van der Waals surface area (Å²) in [6, 6.07) is 22.3. The van der Waals surface area contributed by atoms with E-state index in [0.717, 1.165) is 16.0 Å². The second-order valence-corrected chi connectivity index (χ2v) is 7.61. The Labute approximate surface area is 133 Å². The van der Waals surface area contributed by atoms with E-state index in [2.05, 4.69) is 0 Å². The van der Waals surface area contributed by atoms with Crippen LogP contribution >= 0.6 is 11.3 Å². The summed E-state index contributed by atoms with van der Waals surface area (Å²) in [5.41, 5.74) is 1.82. The lowest BCUT2D eigenvalue weighted by Crippen LogP contribution is -2.04. The van der Waals surface area contributed by atoms with Gasteiger partial charge in [0, 0.05) is 4.88 Å². The van der Waals surface area contributed by atoms with Crippen LogP contribution in [-0.2, 0) is 20.9 Å². The summed E-state index contributed by atoms with van der Waals surface area (Å²) in [7, 11) is -3.73. The molecule has 2 aromatic carbocycles. The molecule has 1 heterocycles. The molecule has 0 atom stereocenters. The molecular formula is C17H14O3S2. The first-order valence-corrected chi connectivity index (χ1v) is 8.96. The minimum absolute atomic E-state index is 0.0434. The first-order chi connectivity index (χ1) is 10.6. The smallest absolute Gasteiger partial charge is 0.261 e. The Balaban J connectivity index is 1.77. The lowest BCUT2D eigenvalue weighted by molar-refractivity contribution is 0.309. The fraction of sp³-hybridized carbons (Fsp3) is 0.0588. The summed E-state index contributed by atoms with van der Waals surface area (Å²) in [4.78, 5) is 0.905. The Morgan fingerprint density at radius 1 is 0.818 bits per heavy atom. The topological polar surface area (TPSA) is 43.4 Å². The quantitative estimate of drug-likeness (QED) is 0.654. The Hall–Kier alpha value is -1.95. The van der Waals surface area contributed by atoms with Crippen LogP contribution in [0.5, 0.6) is 0 Å². The van der Waals surface area contributed by atoms with Crippen molar-refractivity contribution in [2.24, 2.45) is 0 Å². The van der Waals surface area contributed by atoms with Gasteiger partial charge in [0.1, 0.15) is 4.21 Å². The van der Waals surface area contributed by atoms with E-state index in [0.29, 0.717) is 0 Å². The third kappa shape index (κ3) is 3.44. The highest BCUT2D eigenvalue weighted by Gasteiger charge is 2.18. The third-order valence-corrected chi connectivity index (χ3v) is 5.96. The van der Waals surface area contributed by atoms with Gasteiger partial charge in [-0.05, 0) is 23.3 Å². The molecule has 3 aromatic rings. The molecule has 5 heteroatoms. The monoisotopic (exact) mass is 330 g/mol. The van der Waals surface area contributed by atoms with Crippen molar-refractivity contribution in [2.45, 2.75) is 10.8 Å². The van der Waals surface area contributed by atoms with Gasteiger partial charge in [0.2, 0.25) is 0 Å². The normalized spacial score (nSPS) is 11.5. The largest absolute Gasteiger partial charge is 0.306 e. The molecule has 3 nitrogen and oxygen atoms in total. The van der Waals surface area contributed by atoms with Crippen LogP contribution in [0.3, 0.4) is 0 Å². The molecule has 3 rings (SSSR count). The van der Waals surface area contributed by atoms with E-state index in [4.69, 9.17) is 4.18 Å². The van der Waals surface area contributed by atoms with Crippen LogP contribution in [0, 0.1) is 0 Å². The van der Waals surface area contributed by atoms with Crippen molar-refractivity contribution in [3.05, 3.63) is 78.4 Å². The van der Waals surface area contributed by atoms with Gasteiger partial charge in [0.25, 0.3) is 0 Å². The zero-order valence-electron chi connectivity index (χ0n) is 11.7. The highest BCUT2D eigenvalue weighted by molar-refractivity contribution is 7.89. The highest BCUT2D eigenvalue weighted by atomic mass is 32.3. The Morgan fingerprint density at radius 3 is 2.14 bits per heavy atom. The molecule has 0 amide bonds. The molecule has 22 heavy (non-hydrogen) atoms. The summed E-state index contributed by atoms with van der Waals surface area (Å²) in [5, 5.41) is 0. The third-order valence-electron chi connectivity index (χ3n) is 3.11. The average molecular weight is 330 g/mol. The van der Waals surface area contributed by atoms with Gasteiger partial charge < -0.3 is 0 Å². The number of rotatable bonds is 5. The van der Waals surface area contributed by atoms with E-state index in [1.165, 1.54) is 11.3 Å². The Morgan fingerprint density at radius 2 is 1.45 bits per heavy atom. The summed E-state index contributed by atoms with van der Waals surface area (Å²) in [6.45, 7) is 0.0434. The number of hydrogen-bond donors (Lipinski definition) is 0. The Kier molecular flexibility index (Phi) is 4.38. The maximum absolute atomic E-state index is 12.2. The lowest BCUT2D eigenvalue weighted by atomic mass is 10.2. The number of hydrogen-bond acceptors (Lipinski definition) is 4. The fourth-order valence-electron chi connectivity index (χ4n) is 1.99. The highest BCUT2D eigenvalue weighted by Crippen LogP contribution is 2.31. The SMILES string of the molecule is O=S(=O)(OCc1ccccc1)c1ccc(-c2ccccc2)s1. The van der Waals surface area contributed by atoms with Gasteiger partial charge in [-0.15, -0.1) is 11.3 Å². The number of thiophene rings is 1. The van der Waals surface area contributed by atoms with E-state index in [9.17, 15) is 8.42 Å². The van der Waals surface area contributed by atoms with E-state index < -0.39 is 10.1 Å². The van der Waals surface area contributed by atoms with Gasteiger partial charge in [-0.2, -0.15) is 8.42 Å². The molecule has 0 aliphatic carbocycles. The molecule has 112 valence electrons. The summed E-state index contributed by atoms with van der Waals surface area (Å²) in [5.74, 6) is 0. The van der Waals surface area contributed by atoms with Crippen LogP contribution in [0.1, 0.15) is 5.56 Å². The predicted octanol–water partition coefficient (Wildman–Crippen LogP) is 4.32. The second kappa shape index (κ2) is 6.44. The minimum atomic E-state index is -3.73. The van der Waals surface area contributed by atoms with Gasteiger partial charge in [-0.3, -0.25) is 4.18 Å². The van der Waals surface area contributed by atoms with Crippen LogP contribution in [0.25, 0.3) is 10.4 Å². The van der Waals surface area contributed by atoms with Crippen molar-refractivity contribution in [3.8, 4) is 10.4 Å². The fourth-order valence-corrected chi connectivity index (χ4v) is 4.20. The zero-order chi connectivity index (χ0) is 15.4. The molecule has 0 bridgehead atoms. The van der Waals surface area contributed by atoms with Crippen molar-refractivity contribution in [2.75, 3.05) is 0 Å². The van der Waals surface area contributed by atoms with E-state index in [1.807, 2.05) is 60.7 Å². The van der Waals surface area contributed by atoms with Gasteiger partial charge in [0.05, 0.1) is 6.61 Å². The van der Waals surface area contributed by atoms with Gasteiger partial charge in [0.15, 0.2) is 0 Å². The number of benzene rings is 2. The lowest BCUT2D eigenvalue weighted by Gasteiger charge is -2.03. The molecular weight excluding hydrogens is 316 g/mol. The zero-order valence-corrected chi connectivity index (χ0v) is 13.3. The van der Waals surface area contributed by atoms with Crippen molar-refractivity contribution in [1.29, 1.82) is 0 Å². The first-order valence-electron chi connectivity index (χ1n) is 6.74. The van der Waals surface area contributed by atoms with Gasteiger partial charge in [-0.1, -0.05) is 60.7 Å². The molecule has 1 aromatic heterocycles. The molecule has 0 aliphatic rings. The summed E-state index contributed by atoms with van der Waals surface area (Å²) < 4.78 is 29.8. The van der Waals surface area contributed by atoms with Crippen LogP contribution in [0.2, 0.25) is 0 Å². The maximum atomic E-state index is 12.2. The Bertz CT molecular complexity index is 838. The molecule has 0 unspecified atom stereocenters. The average Bonchev–Trinajstić information content (AvgIpc) is 3.06. The first kappa shape index (κ1) is 15.0. The summed E-state index contributed by atoms with van der Waals surface area (Å²) in [6.07, 6.45) is 0. The summed E-state index contributed by atoms with van der Waals surface area (Å²) >= 11 is 1.22. The second-order valence-electron chi connectivity index (χ2n) is 4.69. The van der Waals surface area contributed by atoms with Crippen LogP contribution < -0.4 is 0 Å². The maximum Gasteiger partial charge on any atom is 0.306 e. The van der Waals surface area contributed by atoms with Crippen molar-refractivity contribution in [3.63, 3.8) is 0 Å². The molecule has 0 fully saturated rings. The molecule has 0 spiro atoms.